The Balaban J connectivity index is 2.21. The van der Waals surface area contributed by atoms with Gasteiger partial charge in [-0.15, -0.1) is 0 Å². The second-order valence-electron chi connectivity index (χ2n) is 6.16. The molecule has 1 aromatic carbocycles. The Morgan fingerprint density at radius 3 is 2.13 bits per heavy atom. The number of carbonyl (C=O) groups excluding carboxylic acids is 2. The summed E-state index contributed by atoms with van der Waals surface area (Å²) in [5.41, 5.74) is 0.777. The fourth-order valence-electron chi connectivity index (χ4n) is 2.68. The molecule has 0 aromatic heterocycles. The van der Waals surface area contributed by atoms with Crippen molar-refractivity contribution in [2.75, 3.05) is 19.8 Å². The fraction of sp³-hybridized carbons (Fsp3) is 0.556. The van der Waals surface area contributed by atoms with Crippen molar-refractivity contribution in [3.05, 3.63) is 35.9 Å². The zero-order valence-corrected chi connectivity index (χ0v) is 17.8. The summed E-state index contributed by atoms with van der Waals surface area (Å²) in [4.78, 5) is 41.8. The number of phosphoric acid groups is 1. The Labute approximate surface area is 178 Å². The lowest BCUT2D eigenvalue weighted by molar-refractivity contribution is -0.178. The van der Waals surface area contributed by atoms with Crippen molar-refractivity contribution >= 4 is 20.1 Å². The van der Waals surface area contributed by atoms with E-state index < -0.39 is 51.3 Å². The molecule has 1 aliphatic rings. The number of hydrogen-bond donors (Lipinski definition) is 2. The lowest BCUT2D eigenvalue weighted by atomic mass is 10.1. The summed E-state index contributed by atoms with van der Waals surface area (Å²) < 4.78 is 46.8. The van der Waals surface area contributed by atoms with E-state index in [4.69, 9.17) is 38.2 Å². The number of hydrogen-bond acceptors (Lipinski definition) is 10. The van der Waals surface area contributed by atoms with Crippen LogP contribution in [0.3, 0.4) is 0 Å². The van der Waals surface area contributed by atoms with Crippen LogP contribution in [-0.2, 0) is 44.1 Å². The zero-order valence-electron chi connectivity index (χ0n) is 16.9. The van der Waals surface area contributed by atoms with E-state index in [0.717, 1.165) is 5.56 Å². The Bertz CT molecular complexity index is 751. The van der Waals surface area contributed by atoms with Crippen LogP contribution in [0.4, 0.5) is 9.59 Å². The van der Waals surface area contributed by atoms with Crippen molar-refractivity contribution in [3.8, 4) is 0 Å². The minimum atomic E-state index is -4.86. The largest absolute Gasteiger partial charge is 0.508 e. The Morgan fingerprint density at radius 2 is 1.58 bits per heavy atom. The molecule has 13 heteroatoms. The first-order chi connectivity index (χ1) is 14.7. The van der Waals surface area contributed by atoms with E-state index in [9.17, 15) is 14.2 Å². The van der Waals surface area contributed by atoms with Crippen LogP contribution in [0.5, 0.6) is 0 Å². The van der Waals surface area contributed by atoms with Gasteiger partial charge in [-0.2, -0.15) is 0 Å². The van der Waals surface area contributed by atoms with Crippen LogP contribution >= 0.6 is 7.82 Å². The topological polar surface area (TPSA) is 156 Å². The molecule has 1 aromatic rings. The quantitative estimate of drug-likeness (QED) is 0.385. The van der Waals surface area contributed by atoms with Gasteiger partial charge in [0.05, 0.1) is 26.4 Å². The zero-order chi connectivity index (χ0) is 22.9. The average Bonchev–Trinajstić information content (AvgIpc) is 3.02. The standard InChI is InChI=1S/C18H25O12P/c1-3-24-17(19)29-14-13(11-27-31(21,22)23)28-16(15(14)30-18(20)25-4-2)26-10-12-8-6-5-7-9-12/h5-9,13-16H,3-4,10-11H2,1-2H3,(H2,21,22,23)/t13-,14-,15-,16-/m1/s1. The van der Waals surface area contributed by atoms with Crippen molar-refractivity contribution < 1.29 is 56.9 Å². The van der Waals surface area contributed by atoms with Gasteiger partial charge in [0.25, 0.3) is 0 Å². The molecular formula is C18H25O12P. The van der Waals surface area contributed by atoms with E-state index in [1.807, 2.05) is 6.07 Å². The maximum atomic E-state index is 11.9. The van der Waals surface area contributed by atoms with Crippen molar-refractivity contribution in [2.24, 2.45) is 0 Å². The lowest BCUT2D eigenvalue weighted by Gasteiger charge is -2.23. The fourth-order valence-corrected chi connectivity index (χ4v) is 3.02. The molecule has 1 saturated heterocycles. The lowest BCUT2D eigenvalue weighted by Crippen LogP contribution is -2.42. The summed E-state index contributed by atoms with van der Waals surface area (Å²) in [6, 6.07) is 8.99. The highest BCUT2D eigenvalue weighted by atomic mass is 31.2. The normalized spacial score (nSPS) is 23.2. The van der Waals surface area contributed by atoms with Gasteiger partial charge < -0.3 is 38.2 Å². The van der Waals surface area contributed by atoms with Crippen molar-refractivity contribution in [3.63, 3.8) is 0 Å². The van der Waals surface area contributed by atoms with Crippen LogP contribution in [0.2, 0.25) is 0 Å². The first-order valence-corrected chi connectivity index (χ1v) is 10.9. The minimum absolute atomic E-state index is 0.00734. The maximum absolute atomic E-state index is 11.9. The molecule has 1 fully saturated rings. The molecule has 0 radical (unpaired) electrons. The summed E-state index contributed by atoms with van der Waals surface area (Å²) in [5.74, 6) is 0. The second-order valence-corrected chi connectivity index (χ2v) is 7.40. The number of benzene rings is 1. The summed E-state index contributed by atoms with van der Waals surface area (Å²) in [5, 5.41) is 0. The number of rotatable bonds is 10. The van der Waals surface area contributed by atoms with Crippen LogP contribution in [0, 0.1) is 0 Å². The number of carbonyl (C=O) groups is 2. The third-order valence-electron chi connectivity index (χ3n) is 3.92. The molecule has 174 valence electrons. The number of ether oxygens (including phenoxy) is 6. The smallest absolute Gasteiger partial charge is 0.435 e. The van der Waals surface area contributed by atoms with E-state index in [0.29, 0.717) is 0 Å². The molecule has 0 aliphatic carbocycles. The Hall–Kier alpha value is -2.21. The van der Waals surface area contributed by atoms with Gasteiger partial charge in [-0.25, -0.2) is 14.2 Å². The summed E-state index contributed by atoms with van der Waals surface area (Å²) in [6.07, 6.45) is -7.34. The molecule has 0 saturated carbocycles. The molecule has 2 rings (SSSR count). The maximum Gasteiger partial charge on any atom is 0.508 e. The molecule has 0 spiro atoms. The van der Waals surface area contributed by atoms with Gasteiger partial charge in [0.2, 0.25) is 0 Å². The highest BCUT2D eigenvalue weighted by Crippen LogP contribution is 2.38. The summed E-state index contributed by atoms with van der Waals surface area (Å²) in [6.45, 7) is 2.52. The minimum Gasteiger partial charge on any atom is -0.435 e. The molecule has 31 heavy (non-hydrogen) atoms. The summed E-state index contributed by atoms with van der Waals surface area (Å²) in [7, 11) is -4.86. The van der Waals surface area contributed by atoms with E-state index in [2.05, 4.69) is 4.52 Å². The molecular weight excluding hydrogens is 439 g/mol. The molecule has 0 bridgehead atoms. The van der Waals surface area contributed by atoms with Crippen LogP contribution in [0.1, 0.15) is 19.4 Å². The van der Waals surface area contributed by atoms with E-state index in [1.54, 1.807) is 38.1 Å². The van der Waals surface area contributed by atoms with Gasteiger partial charge in [0, 0.05) is 0 Å². The predicted octanol–water partition coefficient (Wildman–Crippen LogP) is 2.12. The number of phosphoric ester groups is 1. The first-order valence-electron chi connectivity index (χ1n) is 9.41. The van der Waals surface area contributed by atoms with Crippen molar-refractivity contribution in [1.82, 2.24) is 0 Å². The molecule has 4 atom stereocenters. The van der Waals surface area contributed by atoms with Gasteiger partial charge in [-0.3, -0.25) is 4.52 Å². The summed E-state index contributed by atoms with van der Waals surface area (Å²) >= 11 is 0. The third-order valence-corrected chi connectivity index (χ3v) is 4.41. The van der Waals surface area contributed by atoms with Crippen molar-refractivity contribution in [1.29, 1.82) is 0 Å². The molecule has 0 amide bonds. The van der Waals surface area contributed by atoms with Crippen molar-refractivity contribution in [2.45, 2.75) is 45.1 Å². The van der Waals surface area contributed by atoms with Gasteiger partial charge in [0.15, 0.2) is 18.5 Å². The molecule has 1 heterocycles. The monoisotopic (exact) mass is 464 g/mol. The second kappa shape index (κ2) is 12.0. The van der Waals surface area contributed by atoms with Crippen LogP contribution in [0.15, 0.2) is 30.3 Å². The molecule has 0 unspecified atom stereocenters. The SMILES string of the molecule is CCOC(=O)O[C@H]1[C@H](OCc2ccccc2)O[C@H](COP(=O)(O)O)[C@H]1OC(=O)OCC. The van der Waals surface area contributed by atoms with E-state index in [-0.39, 0.29) is 19.8 Å². The third kappa shape index (κ3) is 8.44. The highest BCUT2D eigenvalue weighted by molar-refractivity contribution is 7.46. The van der Waals surface area contributed by atoms with Gasteiger partial charge >= 0.3 is 20.1 Å². The molecule has 12 nitrogen and oxygen atoms in total. The van der Waals surface area contributed by atoms with Crippen LogP contribution < -0.4 is 0 Å². The molecule has 2 N–H and O–H groups in total. The molecule has 1 aliphatic heterocycles. The highest BCUT2D eigenvalue weighted by Gasteiger charge is 2.51. The van der Waals surface area contributed by atoms with Gasteiger partial charge in [-0.1, -0.05) is 30.3 Å². The van der Waals surface area contributed by atoms with Gasteiger partial charge in [-0.05, 0) is 19.4 Å². The van der Waals surface area contributed by atoms with Crippen LogP contribution in [-0.4, -0.2) is 66.5 Å². The Morgan fingerprint density at radius 1 is 1.00 bits per heavy atom. The van der Waals surface area contributed by atoms with Gasteiger partial charge in [0.1, 0.15) is 6.10 Å². The van der Waals surface area contributed by atoms with E-state index in [1.165, 1.54) is 0 Å². The predicted molar refractivity (Wildman–Crippen MR) is 102 cm³/mol. The average molecular weight is 464 g/mol. The van der Waals surface area contributed by atoms with E-state index >= 15 is 0 Å². The van der Waals surface area contributed by atoms with Crippen LogP contribution in [0.25, 0.3) is 0 Å². The Kier molecular flexibility index (Phi) is 9.69. The first kappa shape index (κ1) is 25.1.